The Labute approximate surface area is 255 Å². The Kier molecular flexibility index (Phi) is 11.0. The van der Waals surface area contributed by atoms with E-state index >= 15 is 0 Å². The minimum Gasteiger partial charge on any atom is -0.480 e. The Balaban J connectivity index is 0.000000269. The van der Waals surface area contributed by atoms with E-state index in [1.807, 2.05) is 52.9 Å². The van der Waals surface area contributed by atoms with Gasteiger partial charge in [0.2, 0.25) is 0 Å². The number of benzene rings is 2. The fourth-order valence-electron chi connectivity index (χ4n) is 4.35. The molecule has 2 aliphatic rings. The van der Waals surface area contributed by atoms with E-state index in [0.717, 1.165) is 11.1 Å². The molecule has 2 aliphatic heterocycles. The average molecular weight is 684 g/mol. The molecule has 4 N–H and O–H groups in total. The number of para-hydroxylation sites is 2. The van der Waals surface area contributed by atoms with E-state index in [0.29, 0.717) is 29.1 Å². The molecule has 2 heterocycles. The maximum Gasteiger partial charge on any atom is 0.415 e. The number of alkyl halides is 1. The number of aliphatic carboxylic acids is 1. The van der Waals surface area contributed by atoms with Crippen LogP contribution in [0, 0.1) is 0 Å². The Morgan fingerprint density at radius 3 is 1.59 bits per heavy atom. The topological polar surface area (TPSA) is 152 Å². The summed E-state index contributed by atoms with van der Waals surface area (Å²) in [5.41, 5.74) is 3.90. The molecule has 0 fully saturated rings. The van der Waals surface area contributed by atoms with Gasteiger partial charge < -0.3 is 14.6 Å². The van der Waals surface area contributed by atoms with E-state index in [2.05, 4.69) is 5.43 Å². The summed E-state index contributed by atoms with van der Waals surface area (Å²) in [5, 5.41) is 9.25. The predicted molar refractivity (Wildman–Crippen MR) is 165 cm³/mol. The molecule has 2 atom stereocenters. The normalized spacial score (nSPS) is 17.4. The van der Waals surface area contributed by atoms with Crippen molar-refractivity contribution in [2.45, 2.75) is 77.7 Å². The van der Waals surface area contributed by atoms with Crippen molar-refractivity contribution in [2.24, 2.45) is 5.84 Å². The van der Waals surface area contributed by atoms with Gasteiger partial charge in [-0.1, -0.05) is 59.0 Å². The number of halogens is 1. The minimum atomic E-state index is -1.03. The van der Waals surface area contributed by atoms with Gasteiger partial charge in [-0.25, -0.2) is 20.2 Å². The molecular weight excluding hydrogens is 643 g/mol. The summed E-state index contributed by atoms with van der Waals surface area (Å²) in [5.74, 6) is 3.76. The molecule has 224 valence electrons. The molecule has 2 unspecified atom stereocenters. The van der Waals surface area contributed by atoms with Crippen molar-refractivity contribution in [2.75, 3.05) is 14.7 Å². The van der Waals surface area contributed by atoms with Gasteiger partial charge in [0.05, 0.1) is 11.4 Å². The van der Waals surface area contributed by atoms with Gasteiger partial charge in [0.1, 0.15) is 23.3 Å². The second-order valence-electron chi connectivity index (χ2n) is 11.2. The molecule has 0 saturated carbocycles. The number of amides is 3. The zero-order chi connectivity index (χ0) is 31.8. The standard InChI is InChI=1S/C14H19N3O3.C14H17NO4.CH3I/c1-14(2,3)20-13(19)17-10-7-5-4-6-9(10)8-11(17)12(18)16-15;1-14(2,3)19-13(18)15-10-7-5-4-6-9(10)8-11(15)12(16)17;1-2/h4-7,11H,8,15H2,1-3H3,(H,16,18);4-7,11H,8H2,1-3H3,(H,16,17);1H3/i;;1D. The Morgan fingerprint density at radius 1 is 0.854 bits per heavy atom. The van der Waals surface area contributed by atoms with Crippen LogP contribution in [-0.2, 0) is 31.9 Å². The molecule has 0 radical (unpaired) electrons. The summed E-state index contributed by atoms with van der Waals surface area (Å²) < 4.78 is 16.8. The maximum atomic E-state index is 12.3. The number of hydrogen-bond donors (Lipinski definition) is 3. The van der Waals surface area contributed by atoms with Gasteiger partial charge in [-0.15, -0.1) is 0 Å². The molecule has 2 aromatic rings. The van der Waals surface area contributed by atoms with Crippen molar-refractivity contribution < 1.29 is 35.1 Å². The highest BCUT2D eigenvalue weighted by atomic mass is 127. The first-order valence-corrected chi connectivity index (χ1v) is 14.4. The molecule has 0 aliphatic carbocycles. The van der Waals surface area contributed by atoms with E-state index in [1.54, 1.807) is 59.7 Å². The van der Waals surface area contributed by atoms with Crippen LogP contribution in [0.2, 0.25) is 0 Å². The van der Waals surface area contributed by atoms with Crippen LogP contribution in [0.5, 0.6) is 0 Å². The van der Waals surface area contributed by atoms with E-state index in [1.165, 1.54) is 9.80 Å². The number of anilines is 2. The monoisotopic (exact) mass is 683 g/mol. The summed E-state index contributed by atoms with van der Waals surface area (Å²) in [6.45, 7) is 10.6. The van der Waals surface area contributed by atoms with Gasteiger partial charge >= 0.3 is 18.2 Å². The zero-order valence-electron chi connectivity index (χ0n) is 25.1. The summed E-state index contributed by atoms with van der Waals surface area (Å²) in [4.78, 5) is 50.8. The van der Waals surface area contributed by atoms with Crippen LogP contribution in [0.25, 0.3) is 0 Å². The number of nitrogens with two attached hydrogens (primary N) is 1. The second-order valence-corrected chi connectivity index (χ2v) is 11.2. The molecule has 11 nitrogen and oxygen atoms in total. The first-order chi connectivity index (χ1) is 19.5. The highest BCUT2D eigenvalue weighted by Crippen LogP contribution is 2.34. The zero-order valence-corrected chi connectivity index (χ0v) is 26.3. The number of hydrazine groups is 1. The molecular formula is C29H39IN4O7. The molecule has 3 amide bonds. The largest absolute Gasteiger partial charge is 0.480 e. The van der Waals surface area contributed by atoms with Crippen LogP contribution < -0.4 is 21.1 Å². The quantitative estimate of drug-likeness (QED) is 0.134. The van der Waals surface area contributed by atoms with E-state index in [4.69, 9.17) is 16.7 Å². The summed E-state index contributed by atoms with van der Waals surface area (Å²) >= 11 is 1.96. The van der Waals surface area contributed by atoms with Crippen LogP contribution in [-0.4, -0.2) is 57.4 Å². The number of nitrogens with zero attached hydrogens (tertiary/aromatic N) is 2. The Hall–Kier alpha value is -3.39. The van der Waals surface area contributed by atoms with E-state index in [9.17, 15) is 24.3 Å². The van der Waals surface area contributed by atoms with Gasteiger partial charge in [-0.05, 0) is 69.7 Å². The van der Waals surface area contributed by atoms with Crippen LogP contribution in [0.4, 0.5) is 21.0 Å². The number of carbonyl (C=O) groups is 4. The lowest BCUT2D eigenvalue weighted by molar-refractivity contribution is -0.138. The van der Waals surface area contributed by atoms with E-state index in [-0.39, 0.29) is 0 Å². The van der Waals surface area contributed by atoms with Crippen molar-refractivity contribution in [3.63, 3.8) is 0 Å². The highest BCUT2D eigenvalue weighted by Gasteiger charge is 2.41. The molecule has 41 heavy (non-hydrogen) atoms. The summed E-state index contributed by atoms with van der Waals surface area (Å²) in [7, 11) is 0. The summed E-state index contributed by atoms with van der Waals surface area (Å²) in [6, 6.07) is 13.0. The van der Waals surface area contributed by atoms with Crippen LogP contribution in [0.3, 0.4) is 0 Å². The predicted octanol–water partition coefficient (Wildman–Crippen LogP) is 4.83. The third-order valence-corrected chi connectivity index (χ3v) is 5.86. The second kappa shape index (κ2) is 14.0. The molecule has 2 aromatic carbocycles. The lowest BCUT2D eigenvalue weighted by Crippen LogP contribution is -2.51. The van der Waals surface area contributed by atoms with Crippen molar-refractivity contribution >= 4 is 58.0 Å². The molecule has 0 saturated heterocycles. The number of carboxylic acid groups (broad SMARTS) is 1. The number of nitrogens with one attached hydrogen (secondary N) is 1. The van der Waals surface area contributed by atoms with Crippen LogP contribution in [0.1, 0.15) is 54.0 Å². The lowest BCUT2D eigenvalue weighted by atomic mass is 10.1. The molecule has 4 rings (SSSR count). The van der Waals surface area contributed by atoms with Crippen LogP contribution in [0.15, 0.2) is 48.5 Å². The smallest absolute Gasteiger partial charge is 0.415 e. The minimum absolute atomic E-state index is 0.310. The number of hydrogen-bond acceptors (Lipinski definition) is 7. The number of fused-ring (bicyclic) bond motifs is 2. The molecule has 0 bridgehead atoms. The lowest BCUT2D eigenvalue weighted by Gasteiger charge is -2.28. The molecule has 12 heteroatoms. The van der Waals surface area contributed by atoms with Crippen molar-refractivity contribution in [3.8, 4) is 0 Å². The summed E-state index contributed by atoms with van der Waals surface area (Å²) in [6.07, 6.45) is -0.427. The maximum absolute atomic E-state index is 12.3. The van der Waals surface area contributed by atoms with Crippen molar-refractivity contribution in [3.05, 3.63) is 59.7 Å². The number of carboxylic acids is 1. The van der Waals surface area contributed by atoms with Crippen molar-refractivity contribution in [1.82, 2.24) is 5.43 Å². The van der Waals surface area contributed by atoms with Crippen LogP contribution >= 0.6 is 22.6 Å². The molecule has 0 spiro atoms. The average Bonchev–Trinajstić information content (AvgIpc) is 3.46. The van der Waals surface area contributed by atoms with Gasteiger partial charge in [-0.2, -0.15) is 0 Å². The number of rotatable bonds is 2. The fraction of sp³-hybridized carbons (Fsp3) is 0.448. The van der Waals surface area contributed by atoms with Gasteiger partial charge in [-0.3, -0.25) is 20.0 Å². The number of ether oxygens (including phenoxy) is 2. The molecule has 0 aromatic heterocycles. The first kappa shape index (κ1) is 32.1. The third kappa shape index (κ3) is 8.80. The first-order valence-electron chi connectivity index (χ1n) is 13.5. The highest BCUT2D eigenvalue weighted by molar-refractivity contribution is 14.1. The van der Waals surface area contributed by atoms with Gasteiger partial charge in [0.25, 0.3) is 5.91 Å². The Morgan fingerprint density at radius 2 is 1.22 bits per heavy atom. The van der Waals surface area contributed by atoms with Crippen molar-refractivity contribution in [1.29, 1.82) is 0 Å². The number of carbonyl (C=O) groups excluding carboxylic acids is 3. The van der Waals surface area contributed by atoms with Gasteiger partial charge in [0, 0.05) is 14.2 Å². The van der Waals surface area contributed by atoms with Gasteiger partial charge in [0.15, 0.2) is 0 Å². The Bertz CT molecular complexity index is 1280. The SMILES string of the molecule is CC(C)(C)OC(=O)N1c2ccccc2CC1C(=O)NN.CC(C)(C)OC(=O)N1c2ccccc2CC1C(=O)O.[2H]CI. The van der Waals surface area contributed by atoms with E-state index < -0.39 is 47.3 Å². The fourth-order valence-corrected chi connectivity index (χ4v) is 4.35. The third-order valence-electron chi connectivity index (χ3n) is 5.86.